The molecule has 0 aliphatic rings. The van der Waals surface area contributed by atoms with Crippen LogP contribution in [0, 0.1) is 0 Å². The number of carbonyl (C=O) groups excluding carboxylic acids is 1. The van der Waals surface area contributed by atoms with E-state index in [1.165, 1.54) is 0 Å². The van der Waals surface area contributed by atoms with Crippen molar-refractivity contribution < 1.29 is 14.3 Å². The van der Waals surface area contributed by atoms with Gasteiger partial charge in [-0.1, -0.05) is 54.6 Å². The summed E-state index contributed by atoms with van der Waals surface area (Å²) in [5.41, 5.74) is 3.95. The van der Waals surface area contributed by atoms with E-state index in [1.54, 1.807) is 7.11 Å². The summed E-state index contributed by atoms with van der Waals surface area (Å²) in [5, 5.41) is 3.05. The lowest BCUT2D eigenvalue weighted by molar-refractivity contribution is 0.107. The number of hydrogen-bond donors (Lipinski definition) is 1. The Labute approximate surface area is 196 Å². The van der Waals surface area contributed by atoms with E-state index in [2.05, 4.69) is 10.2 Å². The van der Waals surface area contributed by atoms with E-state index in [1.807, 2.05) is 97.9 Å². The number of urea groups is 1. The van der Waals surface area contributed by atoms with Crippen LogP contribution in [-0.4, -0.2) is 50.1 Å². The molecule has 174 valence electrons. The number of methoxy groups -OCH3 is 1. The van der Waals surface area contributed by atoms with Gasteiger partial charge in [0, 0.05) is 25.3 Å². The van der Waals surface area contributed by atoms with Crippen LogP contribution >= 0.6 is 0 Å². The molecule has 0 atom stereocenters. The number of benzene rings is 3. The topological polar surface area (TPSA) is 54.0 Å². The highest BCUT2D eigenvalue weighted by Crippen LogP contribution is 2.16. The first kappa shape index (κ1) is 24.3. The number of nitrogens with zero attached hydrogens (tertiary/aromatic N) is 2. The SMILES string of the molecule is COc1ccc(COCc2cccc(NC(=O)N(CCN(C)C)Cc3ccccc3)c2)cc1. The van der Waals surface area contributed by atoms with Crippen LogP contribution in [0.4, 0.5) is 10.5 Å². The molecule has 3 aromatic rings. The molecule has 0 bridgehead atoms. The number of amides is 2. The average molecular weight is 448 g/mol. The fourth-order valence-corrected chi connectivity index (χ4v) is 3.33. The summed E-state index contributed by atoms with van der Waals surface area (Å²) in [6.45, 7) is 2.96. The first-order valence-electron chi connectivity index (χ1n) is 11.1. The Hall–Kier alpha value is -3.35. The van der Waals surface area contributed by atoms with E-state index in [0.29, 0.717) is 26.3 Å². The smallest absolute Gasteiger partial charge is 0.322 e. The van der Waals surface area contributed by atoms with Gasteiger partial charge in [-0.25, -0.2) is 4.79 Å². The molecule has 0 aliphatic carbocycles. The van der Waals surface area contributed by atoms with E-state index in [4.69, 9.17) is 9.47 Å². The van der Waals surface area contributed by atoms with E-state index < -0.39 is 0 Å². The monoisotopic (exact) mass is 447 g/mol. The van der Waals surface area contributed by atoms with Crippen molar-refractivity contribution in [3.8, 4) is 5.75 Å². The standard InChI is InChI=1S/C27H33N3O3/c1-29(2)16-17-30(19-22-8-5-4-6-9-22)27(31)28-25-11-7-10-24(18-25)21-33-20-23-12-14-26(32-3)15-13-23/h4-15,18H,16-17,19-21H2,1-3H3,(H,28,31). The van der Waals surface area contributed by atoms with Gasteiger partial charge in [0.2, 0.25) is 0 Å². The highest BCUT2D eigenvalue weighted by Gasteiger charge is 2.15. The molecular formula is C27H33N3O3. The van der Waals surface area contributed by atoms with Crippen LogP contribution in [-0.2, 0) is 24.5 Å². The van der Waals surface area contributed by atoms with Crippen LogP contribution in [0.3, 0.4) is 0 Å². The predicted octanol–water partition coefficient (Wildman–Crippen LogP) is 5.01. The van der Waals surface area contributed by atoms with Gasteiger partial charge in [-0.05, 0) is 55.1 Å². The molecular weight excluding hydrogens is 414 g/mol. The molecule has 2 amide bonds. The highest BCUT2D eigenvalue weighted by molar-refractivity contribution is 5.89. The third-order valence-corrected chi connectivity index (χ3v) is 5.20. The predicted molar refractivity (Wildman–Crippen MR) is 132 cm³/mol. The van der Waals surface area contributed by atoms with Crippen molar-refractivity contribution in [3.63, 3.8) is 0 Å². The van der Waals surface area contributed by atoms with Crippen LogP contribution < -0.4 is 10.1 Å². The Morgan fingerprint density at radius 3 is 2.21 bits per heavy atom. The molecule has 0 spiro atoms. The normalized spacial score (nSPS) is 10.8. The summed E-state index contributed by atoms with van der Waals surface area (Å²) in [5.74, 6) is 0.828. The third-order valence-electron chi connectivity index (χ3n) is 5.20. The number of carbonyl (C=O) groups is 1. The van der Waals surface area contributed by atoms with Crippen LogP contribution in [0.1, 0.15) is 16.7 Å². The number of rotatable bonds is 11. The minimum absolute atomic E-state index is 0.114. The van der Waals surface area contributed by atoms with Gasteiger partial charge in [0.25, 0.3) is 0 Å². The van der Waals surface area contributed by atoms with Crippen molar-refractivity contribution in [1.29, 1.82) is 0 Å². The lowest BCUT2D eigenvalue weighted by Gasteiger charge is -2.25. The van der Waals surface area contributed by atoms with Crippen molar-refractivity contribution in [3.05, 3.63) is 95.6 Å². The van der Waals surface area contributed by atoms with Crippen molar-refractivity contribution in [1.82, 2.24) is 9.80 Å². The molecule has 0 saturated carbocycles. The van der Waals surface area contributed by atoms with Gasteiger partial charge >= 0.3 is 6.03 Å². The summed E-state index contributed by atoms with van der Waals surface area (Å²) in [4.78, 5) is 17.0. The first-order valence-corrected chi connectivity index (χ1v) is 11.1. The zero-order chi connectivity index (χ0) is 23.5. The molecule has 0 aliphatic heterocycles. The minimum Gasteiger partial charge on any atom is -0.497 e. The van der Waals surface area contributed by atoms with Gasteiger partial charge in [0.15, 0.2) is 0 Å². The molecule has 0 aromatic heterocycles. The van der Waals surface area contributed by atoms with E-state index in [-0.39, 0.29) is 6.03 Å². The second-order valence-electron chi connectivity index (χ2n) is 8.18. The average Bonchev–Trinajstić information content (AvgIpc) is 2.83. The molecule has 3 aromatic carbocycles. The van der Waals surface area contributed by atoms with Gasteiger partial charge in [0.1, 0.15) is 5.75 Å². The summed E-state index contributed by atoms with van der Waals surface area (Å²) < 4.78 is 11.0. The lowest BCUT2D eigenvalue weighted by atomic mass is 10.2. The first-order chi connectivity index (χ1) is 16.0. The van der Waals surface area contributed by atoms with Crippen molar-refractivity contribution in [2.75, 3.05) is 39.6 Å². The zero-order valence-electron chi connectivity index (χ0n) is 19.7. The summed E-state index contributed by atoms with van der Waals surface area (Å²) in [6, 6.07) is 25.5. The molecule has 0 fully saturated rings. The molecule has 0 saturated heterocycles. The molecule has 0 unspecified atom stereocenters. The van der Waals surface area contributed by atoms with Crippen LogP contribution in [0.25, 0.3) is 0 Å². The van der Waals surface area contributed by atoms with Gasteiger partial charge < -0.3 is 24.6 Å². The van der Waals surface area contributed by atoms with E-state index in [0.717, 1.165) is 34.7 Å². The van der Waals surface area contributed by atoms with E-state index in [9.17, 15) is 4.79 Å². The number of ether oxygens (including phenoxy) is 2. The van der Waals surface area contributed by atoms with Crippen LogP contribution in [0.5, 0.6) is 5.75 Å². The number of anilines is 1. The third kappa shape index (κ3) is 8.25. The van der Waals surface area contributed by atoms with Gasteiger partial charge in [-0.2, -0.15) is 0 Å². The molecule has 1 N–H and O–H groups in total. The Morgan fingerprint density at radius 1 is 0.818 bits per heavy atom. The summed E-state index contributed by atoms with van der Waals surface area (Å²) in [6.07, 6.45) is 0. The molecule has 6 heteroatoms. The zero-order valence-corrected chi connectivity index (χ0v) is 19.7. The van der Waals surface area contributed by atoms with Gasteiger partial charge in [0.05, 0.1) is 20.3 Å². The molecule has 33 heavy (non-hydrogen) atoms. The lowest BCUT2D eigenvalue weighted by Crippen LogP contribution is -2.39. The molecule has 0 radical (unpaired) electrons. The minimum atomic E-state index is -0.114. The van der Waals surface area contributed by atoms with Gasteiger partial charge in [-0.3, -0.25) is 0 Å². The number of likely N-dealkylation sites (N-methyl/N-ethyl adjacent to an activating group) is 1. The molecule has 0 heterocycles. The summed E-state index contributed by atoms with van der Waals surface area (Å²) >= 11 is 0. The van der Waals surface area contributed by atoms with Crippen molar-refractivity contribution >= 4 is 11.7 Å². The maximum absolute atomic E-state index is 13.0. The number of hydrogen-bond acceptors (Lipinski definition) is 4. The summed E-state index contributed by atoms with van der Waals surface area (Å²) in [7, 11) is 5.67. The highest BCUT2D eigenvalue weighted by atomic mass is 16.5. The quantitative estimate of drug-likeness (QED) is 0.449. The Kier molecular flexibility index (Phi) is 9.30. The Morgan fingerprint density at radius 2 is 1.52 bits per heavy atom. The fourth-order valence-electron chi connectivity index (χ4n) is 3.33. The van der Waals surface area contributed by atoms with Gasteiger partial charge in [-0.15, -0.1) is 0 Å². The Bertz CT molecular complexity index is 991. The maximum atomic E-state index is 13.0. The number of nitrogens with one attached hydrogen (secondary N) is 1. The second-order valence-corrected chi connectivity index (χ2v) is 8.18. The van der Waals surface area contributed by atoms with Crippen molar-refractivity contribution in [2.24, 2.45) is 0 Å². The maximum Gasteiger partial charge on any atom is 0.322 e. The largest absolute Gasteiger partial charge is 0.497 e. The fraction of sp³-hybridized carbons (Fsp3) is 0.296. The van der Waals surface area contributed by atoms with Crippen LogP contribution in [0.15, 0.2) is 78.9 Å². The van der Waals surface area contributed by atoms with Crippen molar-refractivity contribution in [2.45, 2.75) is 19.8 Å². The molecule has 6 nitrogen and oxygen atoms in total. The molecule has 3 rings (SSSR count). The van der Waals surface area contributed by atoms with Crippen LogP contribution in [0.2, 0.25) is 0 Å². The Balaban J connectivity index is 1.57. The van der Waals surface area contributed by atoms with E-state index >= 15 is 0 Å². The second kappa shape index (κ2) is 12.6.